The molecule has 0 N–H and O–H groups in total. The van der Waals surface area contributed by atoms with Gasteiger partial charge in [0, 0.05) is 43.2 Å². The van der Waals surface area contributed by atoms with E-state index in [4.69, 9.17) is 0 Å². The van der Waals surface area contributed by atoms with E-state index in [1.165, 1.54) is 22.1 Å². The minimum Gasteiger partial charge on any atom is -0.343 e. The van der Waals surface area contributed by atoms with Gasteiger partial charge in [-0.15, -0.1) is 0 Å². The van der Waals surface area contributed by atoms with Crippen molar-refractivity contribution in [1.82, 2.24) is 14.4 Å². The summed E-state index contributed by atoms with van der Waals surface area (Å²) in [6.45, 7) is 4.83. The number of benzene rings is 1. The number of amides is 1. The zero-order chi connectivity index (χ0) is 20.4. The van der Waals surface area contributed by atoms with Gasteiger partial charge in [-0.1, -0.05) is 18.2 Å². The van der Waals surface area contributed by atoms with E-state index in [0.717, 1.165) is 31.3 Å². The molecule has 1 aromatic heterocycles. The first-order valence-corrected chi connectivity index (χ1v) is 10.7. The smallest absolute Gasteiger partial charge is 0.234 e. The van der Waals surface area contributed by atoms with Crippen LogP contribution in [0, 0.1) is 11.8 Å². The topological polar surface area (TPSA) is 45.6 Å². The second-order valence-corrected chi connectivity index (χ2v) is 9.27. The summed E-state index contributed by atoms with van der Waals surface area (Å²) >= 11 is 0. The summed E-state index contributed by atoms with van der Waals surface area (Å²) in [4.78, 5) is 30.0. The Morgan fingerprint density at radius 1 is 1.21 bits per heavy atom. The Labute approximate surface area is 172 Å². The van der Waals surface area contributed by atoms with Crippen LogP contribution < -0.4 is 0 Å². The number of likely N-dealkylation sites (N-methyl/N-ethyl adjacent to an activating group) is 1. The lowest BCUT2D eigenvalue weighted by Gasteiger charge is -2.40. The summed E-state index contributed by atoms with van der Waals surface area (Å²) in [5, 5.41) is 1.20. The van der Waals surface area contributed by atoms with E-state index in [2.05, 4.69) is 36.4 Å². The van der Waals surface area contributed by atoms with Crippen molar-refractivity contribution in [2.75, 3.05) is 20.6 Å². The van der Waals surface area contributed by atoms with Gasteiger partial charge in [0.25, 0.3) is 0 Å². The van der Waals surface area contributed by atoms with Crippen molar-refractivity contribution in [1.29, 1.82) is 0 Å². The van der Waals surface area contributed by atoms with Crippen LogP contribution in [-0.2, 0) is 11.2 Å². The van der Waals surface area contributed by atoms with E-state index in [1.54, 1.807) is 0 Å². The maximum Gasteiger partial charge on any atom is 0.234 e. The predicted octanol–water partition coefficient (Wildman–Crippen LogP) is 3.43. The lowest BCUT2D eigenvalue weighted by molar-refractivity contribution is -0.134. The quantitative estimate of drug-likeness (QED) is 0.805. The highest BCUT2D eigenvalue weighted by molar-refractivity contribution is 6.04. The molecule has 2 heterocycles. The van der Waals surface area contributed by atoms with E-state index in [1.807, 2.05) is 36.4 Å². The lowest BCUT2D eigenvalue weighted by Crippen LogP contribution is -2.48. The largest absolute Gasteiger partial charge is 0.343 e. The van der Waals surface area contributed by atoms with Crippen LogP contribution in [0.5, 0.6) is 0 Å². The molecule has 2 aromatic rings. The molecule has 1 aromatic carbocycles. The molecule has 2 aliphatic carbocycles. The minimum atomic E-state index is -0.134. The van der Waals surface area contributed by atoms with E-state index in [9.17, 15) is 9.59 Å². The Hall–Kier alpha value is -2.40. The summed E-state index contributed by atoms with van der Waals surface area (Å²) in [5.74, 6) is 0.473. The van der Waals surface area contributed by atoms with E-state index >= 15 is 0 Å². The fourth-order valence-electron chi connectivity index (χ4n) is 4.94. The molecule has 5 nitrogen and oxygen atoms in total. The third-order valence-corrected chi connectivity index (χ3v) is 6.99. The van der Waals surface area contributed by atoms with E-state index in [0.29, 0.717) is 0 Å². The SMILES string of the molecule is CC(C)N(C)C(=O)[C@@H]1C=C2c3cccc4c3c(cn4C(=O)C3CC3)C[C@H]2N(C)C1. The van der Waals surface area contributed by atoms with Crippen LogP contribution in [-0.4, -0.2) is 58.9 Å². The average Bonchev–Trinajstić information content (AvgIpc) is 3.49. The van der Waals surface area contributed by atoms with Crippen LogP contribution in [0.2, 0.25) is 0 Å². The number of rotatable bonds is 3. The number of nitrogens with zero attached hydrogens (tertiary/aromatic N) is 3. The van der Waals surface area contributed by atoms with Crippen molar-refractivity contribution in [3.63, 3.8) is 0 Å². The molecule has 29 heavy (non-hydrogen) atoms. The van der Waals surface area contributed by atoms with Crippen LogP contribution in [0.1, 0.15) is 42.6 Å². The highest BCUT2D eigenvalue weighted by Gasteiger charge is 2.38. The van der Waals surface area contributed by atoms with Crippen molar-refractivity contribution < 1.29 is 9.59 Å². The third-order valence-electron chi connectivity index (χ3n) is 6.99. The minimum absolute atomic E-state index is 0.134. The third kappa shape index (κ3) is 2.86. The van der Waals surface area contributed by atoms with Gasteiger partial charge in [-0.3, -0.25) is 19.1 Å². The first kappa shape index (κ1) is 18.6. The van der Waals surface area contributed by atoms with Gasteiger partial charge < -0.3 is 4.90 Å². The molecule has 152 valence electrons. The monoisotopic (exact) mass is 391 g/mol. The van der Waals surface area contributed by atoms with Gasteiger partial charge in [-0.05, 0) is 62.9 Å². The Balaban J connectivity index is 1.61. The van der Waals surface area contributed by atoms with Crippen molar-refractivity contribution in [3.05, 3.63) is 41.6 Å². The normalized spacial score (nSPS) is 23.8. The lowest BCUT2D eigenvalue weighted by atomic mass is 9.79. The van der Waals surface area contributed by atoms with Gasteiger partial charge >= 0.3 is 0 Å². The molecule has 5 heteroatoms. The number of fused-ring (bicyclic) bond motifs is 2. The number of aromatic nitrogens is 1. The van der Waals surface area contributed by atoms with Crippen LogP contribution in [0.25, 0.3) is 16.5 Å². The molecule has 0 radical (unpaired) electrons. The number of carbonyl (C=O) groups excluding carboxylic acids is 2. The summed E-state index contributed by atoms with van der Waals surface area (Å²) in [7, 11) is 4.01. The number of hydrogen-bond acceptors (Lipinski definition) is 3. The van der Waals surface area contributed by atoms with Crippen LogP contribution >= 0.6 is 0 Å². The molecule has 5 rings (SSSR count). The molecule has 1 fully saturated rings. The summed E-state index contributed by atoms with van der Waals surface area (Å²) in [6, 6.07) is 6.71. The first-order valence-electron chi connectivity index (χ1n) is 10.7. The molecule has 0 saturated heterocycles. The van der Waals surface area contributed by atoms with E-state index < -0.39 is 0 Å². The molecule has 0 spiro atoms. The fourth-order valence-corrected chi connectivity index (χ4v) is 4.94. The summed E-state index contributed by atoms with van der Waals surface area (Å²) < 4.78 is 1.89. The zero-order valence-corrected chi connectivity index (χ0v) is 17.7. The van der Waals surface area contributed by atoms with Crippen LogP contribution in [0.3, 0.4) is 0 Å². The molecule has 3 aliphatic rings. The van der Waals surface area contributed by atoms with Crippen LogP contribution in [0.15, 0.2) is 30.5 Å². The maximum atomic E-state index is 13.0. The zero-order valence-electron chi connectivity index (χ0n) is 17.7. The Morgan fingerprint density at radius 3 is 2.66 bits per heavy atom. The fraction of sp³-hybridized carbons (Fsp3) is 0.500. The van der Waals surface area contributed by atoms with Crippen molar-refractivity contribution in [2.45, 2.75) is 45.2 Å². The second-order valence-electron chi connectivity index (χ2n) is 9.27. The van der Waals surface area contributed by atoms with Crippen molar-refractivity contribution in [2.24, 2.45) is 11.8 Å². The Bertz CT molecular complexity index is 1040. The summed E-state index contributed by atoms with van der Waals surface area (Å²) in [5.41, 5.74) is 4.70. The van der Waals surface area contributed by atoms with Crippen molar-refractivity contribution in [3.8, 4) is 0 Å². The maximum absolute atomic E-state index is 13.0. The first-order chi connectivity index (χ1) is 13.9. The van der Waals surface area contributed by atoms with Gasteiger partial charge in [-0.25, -0.2) is 0 Å². The molecule has 1 saturated carbocycles. The molecule has 1 aliphatic heterocycles. The average molecular weight is 392 g/mol. The predicted molar refractivity (Wildman–Crippen MR) is 115 cm³/mol. The molecule has 0 unspecified atom stereocenters. The number of hydrogen-bond donors (Lipinski definition) is 0. The molecule has 2 atom stereocenters. The highest BCUT2D eigenvalue weighted by Crippen LogP contribution is 2.42. The Kier molecular flexibility index (Phi) is 4.21. The van der Waals surface area contributed by atoms with Gasteiger partial charge in [0.05, 0.1) is 11.4 Å². The number of carbonyl (C=O) groups is 2. The molecular weight excluding hydrogens is 362 g/mol. The second kappa shape index (κ2) is 6.56. The van der Waals surface area contributed by atoms with Crippen molar-refractivity contribution >= 4 is 28.3 Å². The highest BCUT2D eigenvalue weighted by atomic mass is 16.2. The molecule has 0 bridgehead atoms. The summed E-state index contributed by atoms with van der Waals surface area (Å²) in [6.07, 6.45) is 7.18. The molecular formula is C24H29N3O2. The standard InChI is InChI=1S/C24H29N3O2/c1-14(2)26(4)23(28)17-10-19-18-6-5-7-20-22(18)16(11-21(19)25(3)12-17)13-27(20)24(29)15-8-9-15/h5-7,10,13-15,17,21H,8-9,11-12H2,1-4H3/t17-,21-/m1/s1. The van der Waals surface area contributed by atoms with Gasteiger partial charge in [0.15, 0.2) is 0 Å². The Morgan fingerprint density at radius 2 is 1.97 bits per heavy atom. The van der Waals surface area contributed by atoms with Gasteiger partial charge in [-0.2, -0.15) is 0 Å². The molecule has 1 amide bonds. The van der Waals surface area contributed by atoms with Crippen LogP contribution in [0.4, 0.5) is 0 Å². The van der Waals surface area contributed by atoms with Gasteiger partial charge in [0.2, 0.25) is 11.8 Å². The van der Waals surface area contributed by atoms with Gasteiger partial charge in [0.1, 0.15) is 0 Å². The van der Waals surface area contributed by atoms with E-state index in [-0.39, 0.29) is 35.7 Å².